The fraction of sp³-hybridized carbons (Fsp3) is 0.103. The molecule has 0 aromatic heterocycles. The summed E-state index contributed by atoms with van der Waals surface area (Å²) in [6, 6.07) is 25.2. The van der Waals surface area contributed by atoms with Crippen LogP contribution < -0.4 is 19.5 Å². The van der Waals surface area contributed by atoms with Gasteiger partial charge in [-0.15, -0.1) is 0 Å². The summed E-state index contributed by atoms with van der Waals surface area (Å²) in [4.78, 5) is 17.5. The van der Waals surface area contributed by atoms with Gasteiger partial charge in [0.1, 0.15) is 12.4 Å². The van der Waals surface area contributed by atoms with E-state index in [1.54, 1.807) is 32.4 Å². The van der Waals surface area contributed by atoms with Crippen molar-refractivity contribution in [3.63, 3.8) is 0 Å². The van der Waals surface area contributed by atoms with E-state index in [9.17, 15) is 4.79 Å². The number of fused-ring (bicyclic) bond motifs is 1. The van der Waals surface area contributed by atoms with Crippen LogP contribution >= 0.6 is 23.4 Å². The van der Waals surface area contributed by atoms with Crippen molar-refractivity contribution in [2.24, 2.45) is 4.99 Å². The van der Waals surface area contributed by atoms with E-state index in [1.165, 1.54) is 17.1 Å². The zero-order chi connectivity index (χ0) is 25.8. The Labute approximate surface area is 223 Å². The van der Waals surface area contributed by atoms with Crippen LogP contribution in [0.15, 0.2) is 88.8 Å². The van der Waals surface area contributed by atoms with Gasteiger partial charge in [0.15, 0.2) is 16.7 Å². The second-order valence-corrected chi connectivity index (χ2v) is 9.62. The Hall–Kier alpha value is -3.94. The average molecular weight is 531 g/mol. The molecule has 1 aliphatic rings. The lowest BCUT2D eigenvalue weighted by Gasteiger charge is -2.14. The molecule has 1 amide bonds. The third kappa shape index (κ3) is 5.74. The van der Waals surface area contributed by atoms with Crippen LogP contribution in [-0.2, 0) is 11.4 Å². The predicted octanol–water partition coefficient (Wildman–Crippen LogP) is 6.98. The molecule has 0 spiro atoms. The van der Waals surface area contributed by atoms with E-state index >= 15 is 0 Å². The number of benzene rings is 4. The van der Waals surface area contributed by atoms with Gasteiger partial charge in [0.05, 0.1) is 29.8 Å². The number of carbonyl (C=O) groups excluding carboxylic acids is 1. The van der Waals surface area contributed by atoms with Crippen molar-refractivity contribution in [1.82, 2.24) is 5.32 Å². The predicted molar refractivity (Wildman–Crippen MR) is 150 cm³/mol. The lowest BCUT2D eigenvalue weighted by atomic mass is 10.1. The minimum atomic E-state index is -0.232. The number of nitrogens with one attached hydrogen (secondary N) is 1. The monoisotopic (exact) mass is 530 g/mol. The van der Waals surface area contributed by atoms with E-state index in [0.717, 1.165) is 16.7 Å². The van der Waals surface area contributed by atoms with Crippen molar-refractivity contribution in [2.75, 3.05) is 14.2 Å². The molecule has 186 valence electrons. The maximum atomic E-state index is 12.5. The van der Waals surface area contributed by atoms with Gasteiger partial charge < -0.3 is 19.5 Å². The minimum Gasteiger partial charge on any atom is -0.497 e. The van der Waals surface area contributed by atoms with E-state index in [0.29, 0.717) is 44.5 Å². The Morgan fingerprint density at radius 3 is 2.49 bits per heavy atom. The van der Waals surface area contributed by atoms with E-state index < -0.39 is 0 Å². The zero-order valence-electron chi connectivity index (χ0n) is 20.2. The first kappa shape index (κ1) is 24.7. The number of hydrogen-bond acceptors (Lipinski definition) is 6. The molecular formula is C29H23ClN2O4S. The molecule has 1 aliphatic heterocycles. The molecule has 0 unspecified atom stereocenters. The second kappa shape index (κ2) is 11.0. The topological polar surface area (TPSA) is 69.2 Å². The number of nitrogens with zero attached hydrogens (tertiary/aromatic N) is 1. The summed E-state index contributed by atoms with van der Waals surface area (Å²) in [7, 11) is 3.16. The summed E-state index contributed by atoms with van der Waals surface area (Å²) in [6.45, 7) is 0.338. The molecular weight excluding hydrogens is 508 g/mol. The number of thioether (sulfide) groups is 1. The second-order valence-electron chi connectivity index (χ2n) is 8.18. The lowest BCUT2D eigenvalue weighted by Crippen LogP contribution is -2.19. The van der Waals surface area contributed by atoms with Crippen LogP contribution in [0.3, 0.4) is 0 Å². The number of hydrogen-bond donors (Lipinski definition) is 1. The molecule has 5 rings (SSSR count). The fourth-order valence-electron chi connectivity index (χ4n) is 3.85. The van der Waals surface area contributed by atoms with Crippen LogP contribution in [-0.4, -0.2) is 25.3 Å². The molecule has 0 radical (unpaired) electrons. The zero-order valence-corrected chi connectivity index (χ0v) is 21.7. The molecule has 0 aliphatic carbocycles. The summed E-state index contributed by atoms with van der Waals surface area (Å²) < 4.78 is 16.8. The van der Waals surface area contributed by atoms with Gasteiger partial charge in [0, 0.05) is 0 Å². The van der Waals surface area contributed by atoms with Gasteiger partial charge in [-0.25, -0.2) is 4.99 Å². The highest BCUT2D eigenvalue weighted by molar-refractivity contribution is 8.18. The van der Waals surface area contributed by atoms with Crippen LogP contribution in [0.5, 0.6) is 17.2 Å². The quantitative estimate of drug-likeness (QED) is 0.261. The standard InChI is InChI=1S/C29H23ClN2O4S/c1-34-23-11-9-22(10-12-23)31-29-32-28(33)26(37-29)16-19-14-24(30)27(25(15-19)35-2)36-17-18-7-8-20-5-3-4-6-21(20)13-18/h3-16H,17H2,1-2H3,(H,31,32,33). The fourth-order valence-corrected chi connectivity index (χ4v) is 4.97. The molecule has 8 heteroatoms. The number of halogens is 1. The maximum absolute atomic E-state index is 12.5. The number of aliphatic imine (C=N–C) groups is 1. The first-order valence-electron chi connectivity index (χ1n) is 11.4. The number of ether oxygens (including phenoxy) is 3. The highest BCUT2D eigenvalue weighted by Gasteiger charge is 2.24. The molecule has 6 nitrogen and oxygen atoms in total. The van der Waals surface area contributed by atoms with Crippen molar-refractivity contribution in [3.8, 4) is 17.2 Å². The van der Waals surface area contributed by atoms with Crippen molar-refractivity contribution >= 4 is 57.0 Å². The molecule has 37 heavy (non-hydrogen) atoms. The Bertz CT molecular complexity index is 1530. The molecule has 0 saturated carbocycles. The van der Waals surface area contributed by atoms with Crippen molar-refractivity contribution in [1.29, 1.82) is 0 Å². The Morgan fingerprint density at radius 1 is 0.946 bits per heavy atom. The summed E-state index contributed by atoms with van der Waals surface area (Å²) in [5, 5.41) is 5.99. The number of rotatable bonds is 7. The first-order valence-corrected chi connectivity index (χ1v) is 12.6. The normalized spacial score (nSPS) is 15.3. The average Bonchev–Trinajstić information content (AvgIpc) is 3.26. The van der Waals surface area contributed by atoms with E-state index in [2.05, 4.69) is 34.6 Å². The number of amidine groups is 1. The summed E-state index contributed by atoms with van der Waals surface area (Å²) in [5.41, 5.74) is 2.44. The van der Waals surface area contributed by atoms with Gasteiger partial charge >= 0.3 is 0 Å². The van der Waals surface area contributed by atoms with Crippen LogP contribution in [0, 0.1) is 0 Å². The highest BCUT2D eigenvalue weighted by Crippen LogP contribution is 2.38. The van der Waals surface area contributed by atoms with Gasteiger partial charge in [0.2, 0.25) is 0 Å². The van der Waals surface area contributed by atoms with Crippen LogP contribution in [0.1, 0.15) is 11.1 Å². The SMILES string of the molecule is COc1ccc(N=C2NC(=O)C(=Cc3cc(Cl)c(OCc4ccc5ccccc5c4)c(OC)c3)S2)cc1. The van der Waals surface area contributed by atoms with Crippen LogP contribution in [0.4, 0.5) is 5.69 Å². The first-order chi connectivity index (χ1) is 18.0. The molecule has 0 bridgehead atoms. The van der Waals surface area contributed by atoms with Crippen LogP contribution in [0.2, 0.25) is 5.02 Å². The maximum Gasteiger partial charge on any atom is 0.264 e. The molecule has 0 atom stereocenters. The summed E-state index contributed by atoms with van der Waals surface area (Å²) >= 11 is 7.84. The Balaban J connectivity index is 1.33. The molecule has 1 fully saturated rings. The van der Waals surface area contributed by atoms with Gasteiger partial charge in [-0.2, -0.15) is 0 Å². The van der Waals surface area contributed by atoms with Gasteiger partial charge in [-0.3, -0.25) is 4.79 Å². The molecule has 1 saturated heterocycles. The third-order valence-corrected chi connectivity index (χ3v) is 6.89. The highest BCUT2D eigenvalue weighted by atomic mass is 35.5. The van der Waals surface area contributed by atoms with Gasteiger partial charge in [-0.05, 0) is 82.2 Å². The van der Waals surface area contributed by atoms with Gasteiger partial charge in [0.25, 0.3) is 5.91 Å². The van der Waals surface area contributed by atoms with Crippen molar-refractivity contribution in [3.05, 3.63) is 99.9 Å². The summed E-state index contributed by atoms with van der Waals surface area (Å²) in [6.07, 6.45) is 1.75. The van der Waals surface area contributed by atoms with Crippen molar-refractivity contribution in [2.45, 2.75) is 6.61 Å². The lowest BCUT2D eigenvalue weighted by molar-refractivity contribution is -0.115. The molecule has 4 aromatic rings. The van der Waals surface area contributed by atoms with Crippen molar-refractivity contribution < 1.29 is 19.0 Å². The third-order valence-electron chi connectivity index (χ3n) is 5.70. The van der Waals surface area contributed by atoms with E-state index in [-0.39, 0.29) is 5.91 Å². The molecule has 1 heterocycles. The number of carbonyl (C=O) groups is 1. The minimum absolute atomic E-state index is 0.232. The number of methoxy groups -OCH3 is 2. The Morgan fingerprint density at radius 2 is 1.73 bits per heavy atom. The van der Waals surface area contributed by atoms with E-state index in [1.807, 2.05) is 42.5 Å². The molecule has 1 N–H and O–H groups in total. The molecule has 4 aromatic carbocycles. The summed E-state index contributed by atoms with van der Waals surface area (Å²) in [5.74, 6) is 1.44. The largest absolute Gasteiger partial charge is 0.497 e. The van der Waals surface area contributed by atoms with E-state index in [4.69, 9.17) is 25.8 Å². The van der Waals surface area contributed by atoms with Crippen LogP contribution in [0.25, 0.3) is 16.8 Å². The number of amides is 1. The van der Waals surface area contributed by atoms with Gasteiger partial charge in [-0.1, -0.05) is 48.0 Å². The smallest absolute Gasteiger partial charge is 0.264 e. The Kier molecular flexibility index (Phi) is 7.35.